The van der Waals surface area contributed by atoms with E-state index in [2.05, 4.69) is 11.9 Å². The number of carbonyl (C=O) groups is 1. The van der Waals surface area contributed by atoms with Crippen molar-refractivity contribution in [2.45, 2.75) is 32.2 Å². The first-order chi connectivity index (χ1) is 7.13. The molecule has 2 N–H and O–H groups in total. The molecule has 0 spiro atoms. The van der Waals surface area contributed by atoms with Crippen molar-refractivity contribution in [2.75, 3.05) is 20.1 Å². The molecule has 0 bridgehead atoms. The van der Waals surface area contributed by atoms with Crippen molar-refractivity contribution in [3.05, 3.63) is 0 Å². The standard InChI is InChI=1S/C11H21N3O/c1-8(6-12)7-14-11(15)5-10(13(14)2)9-3-4-9/h8-10H,3-7,12H2,1-2H3. The molecule has 0 aromatic carbocycles. The highest BCUT2D eigenvalue weighted by atomic mass is 16.2. The molecular formula is C11H21N3O. The van der Waals surface area contributed by atoms with Gasteiger partial charge in [-0.05, 0) is 31.2 Å². The van der Waals surface area contributed by atoms with Crippen LogP contribution in [0.15, 0.2) is 0 Å². The van der Waals surface area contributed by atoms with Gasteiger partial charge in [0, 0.05) is 26.1 Å². The molecule has 2 unspecified atom stereocenters. The fourth-order valence-electron chi connectivity index (χ4n) is 2.32. The van der Waals surface area contributed by atoms with Crippen LogP contribution in [-0.4, -0.2) is 42.1 Å². The van der Waals surface area contributed by atoms with Gasteiger partial charge in [0.2, 0.25) is 5.91 Å². The van der Waals surface area contributed by atoms with E-state index >= 15 is 0 Å². The van der Waals surface area contributed by atoms with Crippen LogP contribution in [0.1, 0.15) is 26.2 Å². The van der Waals surface area contributed by atoms with E-state index in [-0.39, 0.29) is 5.91 Å². The van der Waals surface area contributed by atoms with Crippen molar-refractivity contribution in [1.29, 1.82) is 0 Å². The van der Waals surface area contributed by atoms with Crippen molar-refractivity contribution in [3.8, 4) is 0 Å². The molecule has 1 saturated heterocycles. The van der Waals surface area contributed by atoms with Gasteiger partial charge in [-0.1, -0.05) is 6.92 Å². The maximum atomic E-state index is 11.8. The van der Waals surface area contributed by atoms with Crippen molar-refractivity contribution < 1.29 is 4.79 Å². The van der Waals surface area contributed by atoms with Gasteiger partial charge >= 0.3 is 0 Å². The molecule has 1 amide bonds. The molecule has 15 heavy (non-hydrogen) atoms. The van der Waals surface area contributed by atoms with Gasteiger partial charge in [-0.15, -0.1) is 0 Å². The predicted molar refractivity (Wildman–Crippen MR) is 58.8 cm³/mol. The van der Waals surface area contributed by atoms with E-state index in [1.54, 1.807) is 0 Å². The molecule has 4 nitrogen and oxygen atoms in total. The largest absolute Gasteiger partial charge is 0.330 e. The third kappa shape index (κ3) is 2.16. The van der Waals surface area contributed by atoms with Crippen LogP contribution >= 0.6 is 0 Å². The quantitative estimate of drug-likeness (QED) is 0.734. The van der Waals surface area contributed by atoms with Gasteiger partial charge < -0.3 is 5.73 Å². The molecule has 2 atom stereocenters. The maximum absolute atomic E-state index is 11.8. The zero-order valence-corrected chi connectivity index (χ0v) is 9.65. The Balaban J connectivity index is 1.96. The van der Waals surface area contributed by atoms with Crippen LogP contribution in [0.2, 0.25) is 0 Å². The molecule has 2 fully saturated rings. The van der Waals surface area contributed by atoms with Crippen molar-refractivity contribution in [3.63, 3.8) is 0 Å². The number of nitrogens with two attached hydrogens (primary N) is 1. The number of nitrogens with zero attached hydrogens (tertiary/aromatic N) is 2. The minimum atomic E-state index is 0.273. The van der Waals surface area contributed by atoms with Crippen LogP contribution in [0.25, 0.3) is 0 Å². The summed E-state index contributed by atoms with van der Waals surface area (Å²) >= 11 is 0. The van der Waals surface area contributed by atoms with Crippen molar-refractivity contribution in [2.24, 2.45) is 17.6 Å². The van der Waals surface area contributed by atoms with Crippen LogP contribution in [0.4, 0.5) is 0 Å². The summed E-state index contributed by atoms with van der Waals surface area (Å²) in [4.78, 5) is 11.8. The molecule has 86 valence electrons. The first kappa shape index (κ1) is 10.9. The number of hydrogen-bond donors (Lipinski definition) is 1. The average molecular weight is 211 g/mol. The molecule has 0 aromatic rings. The Morgan fingerprint density at radius 1 is 1.53 bits per heavy atom. The van der Waals surface area contributed by atoms with Crippen LogP contribution < -0.4 is 5.73 Å². The fraction of sp³-hybridized carbons (Fsp3) is 0.909. The van der Waals surface area contributed by atoms with Gasteiger partial charge in [-0.25, -0.2) is 5.01 Å². The van der Waals surface area contributed by atoms with E-state index in [4.69, 9.17) is 5.73 Å². The van der Waals surface area contributed by atoms with Gasteiger partial charge in [-0.2, -0.15) is 0 Å². The smallest absolute Gasteiger partial charge is 0.238 e. The summed E-state index contributed by atoms with van der Waals surface area (Å²) in [5, 5.41) is 4.03. The molecule has 4 heteroatoms. The highest BCUT2D eigenvalue weighted by Crippen LogP contribution is 2.39. The van der Waals surface area contributed by atoms with E-state index in [1.807, 2.05) is 12.1 Å². The first-order valence-corrected chi connectivity index (χ1v) is 5.86. The minimum absolute atomic E-state index is 0.273. The highest BCUT2D eigenvalue weighted by molar-refractivity contribution is 5.78. The monoisotopic (exact) mass is 211 g/mol. The van der Waals surface area contributed by atoms with E-state index in [0.717, 1.165) is 12.5 Å². The Kier molecular flexibility index (Phi) is 2.98. The molecule has 1 aliphatic heterocycles. The SMILES string of the molecule is CC(CN)CN1C(=O)CC(C2CC2)N1C. The van der Waals surface area contributed by atoms with Gasteiger partial charge in [0.05, 0.1) is 0 Å². The van der Waals surface area contributed by atoms with Gasteiger partial charge in [-0.3, -0.25) is 9.80 Å². The lowest BCUT2D eigenvalue weighted by Gasteiger charge is -2.30. The van der Waals surface area contributed by atoms with Crippen molar-refractivity contribution in [1.82, 2.24) is 10.0 Å². The number of hydrogen-bond acceptors (Lipinski definition) is 3. The Morgan fingerprint density at radius 2 is 2.20 bits per heavy atom. The highest BCUT2D eigenvalue weighted by Gasteiger charge is 2.43. The summed E-state index contributed by atoms with van der Waals surface area (Å²) in [6.45, 7) is 3.51. The number of carbonyl (C=O) groups excluding carboxylic acids is 1. The zero-order valence-electron chi connectivity index (χ0n) is 9.65. The van der Waals surface area contributed by atoms with E-state index in [1.165, 1.54) is 12.8 Å². The summed E-state index contributed by atoms with van der Waals surface area (Å²) in [7, 11) is 2.04. The lowest BCUT2D eigenvalue weighted by Crippen LogP contribution is -2.43. The first-order valence-electron chi connectivity index (χ1n) is 5.86. The van der Waals surface area contributed by atoms with Gasteiger partial charge in [0.15, 0.2) is 0 Å². The lowest BCUT2D eigenvalue weighted by molar-refractivity contribution is -0.138. The Hall–Kier alpha value is -0.610. The summed E-state index contributed by atoms with van der Waals surface area (Å²) in [6.07, 6.45) is 3.30. The maximum Gasteiger partial charge on any atom is 0.238 e. The number of rotatable bonds is 4. The fourth-order valence-corrected chi connectivity index (χ4v) is 2.32. The third-order valence-electron chi connectivity index (χ3n) is 3.59. The second-order valence-corrected chi connectivity index (χ2v) is 5.00. The van der Waals surface area contributed by atoms with Gasteiger partial charge in [0.1, 0.15) is 0 Å². The Labute approximate surface area is 91.4 Å². The van der Waals surface area contributed by atoms with Gasteiger partial charge in [0.25, 0.3) is 0 Å². The summed E-state index contributed by atoms with van der Waals surface area (Å²) in [6, 6.07) is 0.461. The molecule has 0 radical (unpaired) electrons. The average Bonchev–Trinajstić information content (AvgIpc) is 3.00. The third-order valence-corrected chi connectivity index (χ3v) is 3.59. The molecule has 1 heterocycles. The number of amides is 1. The van der Waals surface area contributed by atoms with Crippen LogP contribution in [0.3, 0.4) is 0 Å². The molecular weight excluding hydrogens is 190 g/mol. The normalized spacial score (nSPS) is 29.9. The predicted octanol–water partition coefficient (Wildman–Crippen LogP) is 0.439. The second-order valence-electron chi connectivity index (χ2n) is 5.00. The molecule has 1 saturated carbocycles. The van der Waals surface area contributed by atoms with Crippen molar-refractivity contribution >= 4 is 5.91 Å². The Bertz CT molecular complexity index is 252. The van der Waals surface area contributed by atoms with Crippen LogP contribution in [-0.2, 0) is 4.79 Å². The van der Waals surface area contributed by atoms with E-state index in [9.17, 15) is 4.79 Å². The molecule has 2 aliphatic rings. The number of hydrazine groups is 1. The summed E-state index contributed by atoms with van der Waals surface area (Å²) in [5.74, 6) is 1.42. The van der Waals surface area contributed by atoms with E-state index < -0.39 is 0 Å². The molecule has 1 aliphatic carbocycles. The van der Waals surface area contributed by atoms with Crippen LogP contribution in [0, 0.1) is 11.8 Å². The topological polar surface area (TPSA) is 49.6 Å². The molecule has 0 aromatic heterocycles. The molecule has 2 rings (SSSR count). The minimum Gasteiger partial charge on any atom is -0.330 e. The van der Waals surface area contributed by atoms with Crippen LogP contribution in [0.5, 0.6) is 0 Å². The second kappa shape index (κ2) is 4.10. The summed E-state index contributed by atoms with van der Waals surface area (Å²) in [5.41, 5.74) is 5.59. The van der Waals surface area contributed by atoms with E-state index in [0.29, 0.717) is 24.9 Å². The summed E-state index contributed by atoms with van der Waals surface area (Å²) < 4.78 is 0. The zero-order chi connectivity index (χ0) is 11.0. The Morgan fingerprint density at radius 3 is 2.73 bits per heavy atom. The lowest BCUT2D eigenvalue weighted by atomic mass is 10.1.